The smallest absolute Gasteiger partial charge is 0.215 e. The standard InChI is InChI=1S/C13H22N2O/c1-4-12-10(2)14-15(13(12)16-3)11-8-6-5-7-9-11/h11H,4-9H2,1-3H3. The summed E-state index contributed by atoms with van der Waals surface area (Å²) < 4.78 is 7.67. The fourth-order valence-electron chi connectivity index (χ4n) is 2.76. The van der Waals surface area contributed by atoms with Crippen LogP contribution in [0.5, 0.6) is 5.88 Å². The predicted octanol–water partition coefficient (Wildman–Crippen LogP) is 3.27. The molecule has 0 spiro atoms. The van der Waals surface area contributed by atoms with Crippen LogP contribution in [-0.4, -0.2) is 16.9 Å². The third-order valence-electron chi connectivity index (χ3n) is 3.63. The molecular formula is C13H22N2O. The molecule has 0 aliphatic heterocycles. The number of aryl methyl sites for hydroxylation is 1. The molecular weight excluding hydrogens is 200 g/mol. The minimum absolute atomic E-state index is 0.558. The quantitative estimate of drug-likeness (QED) is 0.785. The van der Waals surface area contributed by atoms with Crippen molar-refractivity contribution in [1.82, 2.24) is 9.78 Å². The summed E-state index contributed by atoms with van der Waals surface area (Å²) in [5.41, 5.74) is 2.40. The maximum absolute atomic E-state index is 5.54. The lowest BCUT2D eigenvalue weighted by Crippen LogP contribution is -2.15. The molecule has 1 fully saturated rings. The average molecular weight is 222 g/mol. The third kappa shape index (κ3) is 1.95. The molecule has 0 aromatic carbocycles. The van der Waals surface area contributed by atoms with Gasteiger partial charge in [-0.25, -0.2) is 4.68 Å². The van der Waals surface area contributed by atoms with Crippen LogP contribution in [-0.2, 0) is 6.42 Å². The van der Waals surface area contributed by atoms with Gasteiger partial charge in [0.15, 0.2) is 0 Å². The predicted molar refractivity (Wildman–Crippen MR) is 65.0 cm³/mol. The summed E-state index contributed by atoms with van der Waals surface area (Å²) in [5, 5.41) is 4.67. The highest BCUT2D eigenvalue weighted by Gasteiger charge is 2.22. The van der Waals surface area contributed by atoms with Crippen molar-refractivity contribution in [3.05, 3.63) is 11.3 Å². The van der Waals surface area contributed by atoms with Gasteiger partial charge in [0.25, 0.3) is 0 Å². The van der Waals surface area contributed by atoms with Crippen molar-refractivity contribution in [2.75, 3.05) is 7.11 Å². The fraction of sp³-hybridized carbons (Fsp3) is 0.769. The van der Waals surface area contributed by atoms with Gasteiger partial charge in [0.1, 0.15) is 0 Å². The molecule has 1 aliphatic carbocycles. The molecule has 0 unspecified atom stereocenters. The molecule has 0 saturated heterocycles. The van der Waals surface area contributed by atoms with Crippen LogP contribution >= 0.6 is 0 Å². The Morgan fingerprint density at radius 2 is 2.00 bits per heavy atom. The van der Waals surface area contributed by atoms with Crippen LogP contribution < -0.4 is 4.74 Å². The van der Waals surface area contributed by atoms with E-state index in [4.69, 9.17) is 4.74 Å². The van der Waals surface area contributed by atoms with Gasteiger partial charge in [0.05, 0.1) is 18.8 Å². The Hall–Kier alpha value is -0.990. The van der Waals surface area contributed by atoms with Gasteiger partial charge in [-0.15, -0.1) is 0 Å². The normalized spacial score (nSPS) is 17.7. The van der Waals surface area contributed by atoms with Crippen LogP contribution in [0, 0.1) is 6.92 Å². The largest absolute Gasteiger partial charge is 0.481 e. The number of methoxy groups -OCH3 is 1. The van der Waals surface area contributed by atoms with Gasteiger partial charge in [-0.05, 0) is 26.2 Å². The first-order valence-corrected chi connectivity index (χ1v) is 6.39. The zero-order valence-electron chi connectivity index (χ0n) is 10.6. The van der Waals surface area contributed by atoms with Gasteiger partial charge < -0.3 is 4.74 Å². The number of nitrogens with zero attached hydrogens (tertiary/aromatic N) is 2. The first kappa shape index (κ1) is 11.5. The van der Waals surface area contributed by atoms with E-state index in [0.717, 1.165) is 18.0 Å². The van der Waals surface area contributed by atoms with Gasteiger partial charge in [-0.3, -0.25) is 0 Å². The van der Waals surface area contributed by atoms with E-state index in [2.05, 4.69) is 23.6 Å². The highest BCUT2D eigenvalue weighted by Crippen LogP contribution is 2.33. The summed E-state index contributed by atoms with van der Waals surface area (Å²) in [4.78, 5) is 0. The lowest BCUT2D eigenvalue weighted by molar-refractivity contribution is 0.279. The zero-order chi connectivity index (χ0) is 11.5. The molecule has 3 heteroatoms. The molecule has 0 atom stereocenters. The molecule has 16 heavy (non-hydrogen) atoms. The first-order valence-electron chi connectivity index (χ1n) is 6.39. The molecule has 1 heterocycles. The Kier molecular flexibility index (Phi) is 3.52. The van der Waals surface area contributed by atoms with Crippen LogP contribution in [0.4, 0.5) is 0 Å². The Balaban J connectivity index is 2.31. The number of rotatable bonds is 3. The first-order chi connectivity index (χ1) is 7.77. The van der Waals surface area contributed by atoms with Gasteiger partial charge in [-0.2, -0.15) is 5.10 Å². The Labute approximate surface area is 97.8 Å². The number of ether oxygens (including phenoxy) is 1. The van der Waals surface area contributed by atoms with E-state index in [0.29, 0.717) is 6.04 Å². The van der Waals surface area contributed by atoms with Crippen LogP contribution in [0.1, 0.15) is 56.3 Å². The van der Waals surface area contributed by atoms with Crippen molar-refractivity contribution in [3.63, 3.8) is 0 Å². The molecule has 1 aromatic rings. The summed E-state index contributed by atoms with van der Waals surface area (Å²) in [5.74, 6) is 0.993. The molecule has 1 aromatic heterocycles. The molecule has 1 saturated carbocycles. The van der Waals surface area contributed by atoms with E-state index in [-0.39, 0.29) is 0 Å². The second-order valence-electron chi connectivity index (χ2n) is 4.66. The molecule has 0 amide bonds. The maximum Gasteiger partial charge on any atom is 0.215 e. The summed E-state index contributed by atoms with van der Waals surface area (Å²) in [6, 6.07) is 0.558. The SMILES string of the molecule is CCc1c(C)nn(C2CCCCC2)c1OC. The topological polar surface area (TPSA) is 27.1 Å². The summed E-state index contributed by atoms with van der Waals surface area (Å²) in [6.45, 7) is 4.25. The Bertz CT molecular complexity index is 351. The second-order valence-corrected chi connectivity index (χ2v) is 4.66. The molecule has 2 rings (SSSR count). The Morgan fingerprint density at radius 1 is 1.31 bits per heavy atom. The summed E-state index contributed by atoms with van der Waals surface area (Å²) >= 11 is 0. The van der Waals surface area contributed by atoms with Crippen LogP contribution in [0.15, 0.2) is 0 Å². The molecule has 0 radical (unpaired) electrons. The third-order valence-corrected chi connectivity index (χ3v) is 3.63. The maximum atomic E-state index is 5.54. The van der Waals surface area contributed by atoms with E-state index in [1.165, 1.54) is 37.7 Å². The molecule has 0 bridgehead atoms. The highest BCUT2D eigenvalue weighted by molar-refractivity contribution is 5.31. The lowest BCUT2D eigenvalue weighted by atomic mass is 9.96. The number of hydrogen-bond donors (Lipinski definition) is 0. The van der Waals surface area contributed by atoms with Crippen LogP contribution in [0.3, 0.4) is 0 Å². The molecule has 1 aliphatic rings. The average Bonchev–Trinajstić information content (AvgIpc) is 2.66. The van der Waals surface area contributed by atoms with Gasteiger partial charge in [0.2, 0.25) is 5.88 Å². The number of hydrogen-bond acceptors (Lipinski definition) is 2. The fourth-order valence-corrected chi connectivity index (χ4v) is 2.76. The van der Waals surface area contributed by atoms with E-state index in [9.17, 15) is 0 Å². The minimum Gasteiger partial charge on any atom is -0.481 e. The second kappa shape index (κ2) is 4.89. The van der Waals surface area contributed by atoms with E-state index < -0.39 is 0 Å². The van der Waals surface area contributed by atoms with Gasteiger partial charge in [0, 0.05) is 5.56 Å². The highest BCUT2D eigenvalue weighted by atomic mass is 16.5. The lowest BCUT2D eigenvalue weighted by Gasteiger charge is -2.23. The van der Waals surface area contributed by atoms with Crippen molar-refractivity contribution in [1.29, 1.82) is 0 Å². The molecule has 0 N–H and O–H groups in total. The van der Waals surface area contributed by atoms with Crippen molar-refractivity contribution in [2.24, 2.45) is 0 Å². The van der Waals surface area contributed by atoms with Crippen molar-refractivity contribution in [3.8, 4) is 5.88 Å². The zero-order valence-corrected chi connectivity index (χ0v) is 10.6. The molecule has 90 valence electrons. The van der Waals surface area contributed by atoms with Crippen molar-refractivity contribution >= 4 is 0 Å². The van der Waals surface area contributed by atoms with E-state index >= 15 is 0 Å². The van der Waals surface area contributed by atoms with E-state index in [1.807, 2.05) is 0 Å². The van der Waals surface area contributed by atoms with Gasteiger partial charge in [-0.1, -0.05) is 26.2 Å². The summed E-state index contributed by atoms with van der Waals surface area (Å²) in [7, 11) is 1.76. The van der Waals surface area contributed by atoms with Gasteiger partial charge >= 0.3 is 0 Å². The Morgan fingerprint density at radius 3 is 2.56 bits per heavy atom. The van der Waals surface area contributed by atoms with Crippen molar-refractivity contribution < 1.29 is 4.74 Å². The van der Waals surface area contributed by atoms with Crippen LogP contribution in [0.2, 0.25) is 0 Å². The molecule has 3 nitrogen and oxygen atoms in total. The van der Waals surface area contributed by atoms with Crippen molar-refractivity contribution in [2.45, 2.75) is 58.4 Å². The van der Waals surface area contributed by atoms with Crippen LogP contribution in [0.25, 0.3) is 0 Å². The monoisotopic (exact) mass is 222 g/mol. The number of aromatic nitrogens is 2. The van der Waals surface area contributed by atoms with E-state index in [1.54, 1.807) is 7.11 Å². The minimum atomic E-state index is 0.558. The summed E-state index contributed by atoms with van der Waals surface area (Å²) in [6.07, 6.45) is 7.53.